The second kappa shape index (κ2) is 6.81. The zero-order chi connectivity index (χ0) is 11.8. The number of carbonyl (C=O) groups is 1. The zero-order valence-electron chi connectivity index (χ0n) is 9.35. The monoisotopic (exact) mass is 223 g/mol. The van der Waals surface area contributed by atoms with E-state index in [4.69, 9.17) is 5.84 Å². The lowest BCUT2D eigenvalue weighted by Gasteiger charge is -2.22. The summed E-state index contributed by atoms with van der Waals surface area (Å²) in [5, 5.41) is 0. The van der Waals surface area contributed by atoms with E-state index in [0.29, 0.717) is 13.0 Å². The molecule has 1 aromatic rings. The van der Waals surface area contributed by atoms with Crippen LogP contribution in [0.4, 0.5) is 5.69 Å². The molecule has 0 saturated heterocycles. The Labute approximate surface area is 95.1 Å². The van der Waals surface area contributed by atoms with Gasteiger partial charge in [-0.25, -0.2) is 5.84 Å². The third-order valence-corrected chi connectivity index (χ3v) is 2.26. The second-order valence-electron chi connectivity index (χ2n) is 3.26. The van der Waals surface area contributed by atoms with Crippen LogP contribution in [0, 0.1) is 0 Å². The van der Waals surface area contributed by atoms with Gasteiger partial charge < -0.3 is 9.74 Å². The molecule has 0 atom stereocenters. The third-order valence-electron chi connectivity index (χ3n) is 2.26. The van der Waals surface area contributed by atoms with Crippen molar-refractivity contribution in [2.45, 2.75) is 13.3 Å². The Bertz CT molecular complexity index is 316. The summed E-state index contributed by atoms with van der Waals surface area (Å²) in [4.78, 5) is 17.6. The summed E-state index contributed by atoms with van der Waals surface area (Å²) >= 11 is 0. The van der Waals surface area contributed by atoms with Gasteiger partial charge in [0.15, 0.2) is 0 Å². The van der Waals surface area contributed by atoms with Crippen molar-refractivity contribution in [3.05, 3.63) is 30.3 Å². The maximum Gasteiger partial charge on any atom is 0.328 e. The van der Waals surface area contributed by atoms with Gasteiger partial charge in [0.1, 0.15) is 0 Å². The van der Waals surface area contributed by atoms with Gasteiger partial charge in [-0.2, -0.15) is 0 Å². The summed E-state index contributed by atoms with van der Waals surface area (Å²) in [5.74, 6) is 4.51. The molecule has 0 unspecified atom stereocenters. The van der Waals surface area contributed by atoms with E-state index in [0.717, 1.165) is 12.2 Å². The molecule has 0 amide bonds. The topological polar surface area (TPSA) is 67.6 Å². The second-order valence-corrected chi connectivity index (χ2v) is 3.26. The number of nitrogens with zero attached hydrogens (tertiary/aromatic N) is 1. The van der Waals surface area contributed by atoms with Gasteiger partial charge >= 0.3 is 5.97 Å². The first-order chi connectivity index (χ1) is 7.77. The number of rotatable bonds is 6. The van der Waals surface area contributed by atoms with Gasteiger partial charge in [-0.15, -0.1) is 0 Å². The van der Waals surface area contributed by atoms with Gasteiger partial charge in [-0.1, -0.05) is 23.8 Å². The highest BCUT2D eigenvalue weighted by molar-refractivity contribution is 5.69. The van der Waals surface area contributed by atoms with E-state index in [1.54, 1.807) is 0 Å². The standard InChI is InChI=1S/C11H17N3O2/c1-2-14(9-8-11(15)16-13-12)10-6-4-3-5-7-10/h3-7,13H,2,8-9,12H2,1H3. The molecule has 88 valence electrons. The normalized spacial score (nSPS) is 9.88. The summed E-state index contributed by atoms with van der Waals surface area (Å²) in [6.07, 6.45) is 0.299. The van der Waals surface area contributed by atoms with Gasteiger partial charge in [0.25, 0.3) is 0 Å². The van der Waals surface area contributed by atoms with E-state index < -0.39 is 0 Å². The fourth-order valence-corrected chi connectivity index (χ4v) is 1.45. The Morgan fingerprint density at radius 2 is 2.12 bits per heavy atom. The minimum atomic E-state index is -0.364. The molecule has 0 aliphatic carbocycles. The molecule has 1 aromatic carbocycles. The molecule has 0 aromatic heterocycles. The molecule has 16 heavy (non-hydrogen) atoms. The molecule has 0 aliphatic heterocycles. The number of anilines is 1. The largest absolute Gasteiger partial charge is 0.371 e. The Balaban J connectivity index is 2.47. The lowest BCUT2D eigenvalue weighted by Crippen LogP contribution is -2.30. The van der Waals surface area contributed by atoms with Crippen LogP contribution in [-0.4, -0.2) is 19.1 Å². The molecule has 0 spiro atoms. The van der Waals surface area contributed by atoms with Crippen LogP contribution < -0.4 is 16.3 Å². The van der Waals surface area contributed by atoms with Gasteiger partial charge in [-0.05, 0) is 19.1 Å². The minimum absolute atomic E-state index is 0.299. The smallest absolute Gasteiger partial charge is 0.328 e. The third kappa shape index (κ3) is 3.88. The van der Waals surface area contributed by atoms with Crippen LogP contribution in [0.3, 0.4) is 0 Å². The van der Waals surface area contributed by atoms with E-state index in [2.05, 4.69) is 9.74 Å². The van der Waals surface area contributed by atoms with Crippen LogP contribution in [0.5, 0.6) is 0 Å². The van der Waals surface area contributed by atoms with Crippen LogP contribution in [0.25, 0.3) is 0 Å². The van der Waals surface area contributed by atoms with E-state index in [9.17, 15) is 4.79 Å². The van der Waals surface area contributed by atoms with Crippen LogP contribution in [0.2, 0.25) is 0 Å². The number of nitrogens with two attached hydrogens (primary N) is 1. The molecule has 5 nitrogen and oxygen atoms in total. The predicted octanol–water partition coefficient (Wildman–Crippen LogP) is 0.825. The fourth-order valence-electron chi connectivity index (χ4n) is 1.45. The summed E-state index contributed by atoms with van der Waals surface area (Å²) < 4.78 is 0. The van der Waals surface area contributed by atoms with Crippen molar-refractivity contribution in [1.29, 1.82) is 0 Å². The minimum Gasteiger partial charge on any atom is -0.371 e. The highest BCUT2D eigenvalue weighted by Crippen LogP contribution is 2.12. The zero-order valence-corrected chi connectivity index (χ0v) is 9.35. The van der Waals surface area contributed by atoms with E-state index >= 15 is 0 Å². The summed E-state index contributed by atoms with van der Waals surface area (Å²) in [6, 6.07) is 9.92. The van der Waals surface area contributed by atoms with Gasteiger partial charge in [-0.3, -0.25) is 4.79 Å². The van der Waals surface area contributed by atoms with Crippen molar-refractivity contribution >= 4 is 11.7 Å². The van der Waals surface area contributed by atoms with Crippen molar-refractivity contribution in [1.82, 2.24) is 5.59 Å². The quantitative estimate of drug-likeness (QED) is 0.552. The maximum atomic E-state index is 11.1. The van der Waals surface area contributed by atoms with Gasteiger partial charge in [0.2, 0.25) is 0 Å². The molecule has 0 heterocycles. The predicted molar refractivity (Wildman–Crippen MR) is 62.4 cm³/mol. The summed E-state index contributed by atoms with van der Waals surface area (Å²) in [6.45, 7) is 3.49. The number of nitrogens with one attached hydrogen (secondary N) is 1. The molecular formula is C11H17N3O2. The number of hydrogen-bond acceptors (Lipinski definition) is 5. The first-order valence-electron chi connectivity index (χ1n) is 5.23. The van der Waals surface area contributed by atoms with Gasteiger partial charge in [0, 0.05) is 18.8 Å². The average Bonchev–Trinajstić information content (AvgIpc) is 2.31. The number of carbonyl (C=O) groups excluding carboxylic acids is 1. The SMILES string of the molecule is CCN(CCC(=O)ONN)c1ccccc1. The first kappa shape index (κ1) is 12.5. The Hall–Kier alpha value is -1.59. The lowest BCUT2D eigenvalue weighted by molar-refractivity contribution is -0.150. The van der Waals surface area contributed by atoms with Crippen LogP contribution in [0.1, 0.15) is 13.3 Å². The van der Waals surface area contributed by atoms with Crippen LogP contribution in [0.15, 0.2) is 30.3 Å². The highest BCUT2D eigenvalue weighted by atomic mass is 16.7. The molecule has 5 heteroatoms. The Morgan fingerprint density at radius 1 is 1.44 bits per heavy atom. The first-order valence-corrected chi connectivity index (χ1v) is 5.23. The van der Waals surface area contributed by atoms with Crippen LogP contribution >= 0.6 is 0 Å². The molecule has 0 fully saturated rings. The van der Waals surface area contributed by atoms with E-state index in [1.807, 2.05) is 42.8 Å². The molecule has 1 rings (SSSR count). The molecule has 0 aliphatic rings. The number of hydrogen-bond donors (Lipinski definition) is 2. The Kier molecular flexibility index (Phi) is 5.31. The number of hydrazine groups is 1. The molecule has 3 N–H and O–H groups in total. The fraction of sp³-hybridized carbons (Fsp3) is 0.364. The summed E-state index contributed by atoms with van der Waals surface area (Å²) in [5.41, 5.74) is 2.98. The number of benzene rings is 1. The highest BCUT2D eigenvalue weighted by Gasteiger charge is 2.07. The lowest BCUT2D eigenvalue weighted by atomic mass is 10.2. The van der Waals surface area contributed by atoms with Crippen molar-refractivity contribution in [2.24, 2.45) is 5.84 Å². The van der Waals surface area contributed by atoms with Crippen molar-refractivity contribution < 1.29 is 9.63 Å². The van der Waals surface area contributed by atoms with Crippen LogP contribution in [-0.2, 0) is 9.63 Å². The van der Waals surface area contributed by atoms with Gasteiger partial charge in [0.05, 0.1) is 6.42 Å². The van der Waals surface area contributed by atoms with Crippen molar-refractivity contribution in [3.63, 3.8) is 0 Å². The van der Waals surface area contributed by atoms with Crippen molar-refractivity contribution in [2.75, 3.05) is 18.0 Å². The molecule has 0 saturated carbocycles. The van der Waals surface area contributed by atoms with E-state index in [-0.39, 0.29) is 5.97 Å². The molecule has 0 bridgehead atoms. The maximum absolute atomic E-state index is 11.1. The average molecular weight is 223 g/mol. The van der Waals surface area contributed by atoms with E-state index in [1.165, 1.54) is 0 Å². The molecule has 0 radical (unpaired) electrons. The summed E-state index contributed by atoms with van der Waals surface area (Å²) in [7, 11) is 0. The number of para-hydroxylation sites is 1. The molecular weight excluding hydrogens is 206 g/mol. The Morgan fingerprint density at radius 3 is 2.69 bits per heavy atom. The van der Waals surface area contributed by atoms with Crippen molar-refractivity contribution in [3.8, 4) is 0 Å².